The second-order valence-electron chi connectivity index (χ2n) is 4.24. The van der Waals surface area contributed by atoms with Gasteiger partial charge in [0, 0.05) is 13.1 Å². The second kappa shape index (κ2) is 4.61. The van der Waals surface area contributed by atoms with E-state index in [-0.39, 0.29) is 11.9 Å². The Hall–Kier alpha value is -1.43. The van der Waals surface area contributed by atoms with E-state index >= 15 is 0 Å². The van der Waals surface area contributed by atoms with E-state index in [0.29, 0.717) is 12.6 Å². The number of aryl methyl sites for hydroxylation is 1. The lowest BCUT2D eigenvalue weighted by molar-refractivity contribution is -0.121. The average Bonchev–Trinajstić information content (AvgIpc) is 2.97. The van der Waals surface area contributed by atoms with Crippen LogP contribution in [0.5, 0.6) is 0 Å². The van der Waals surface area contributed by atoms with Crippen molar-refractivity contribution in [3.63, 3.8) is 0 Å². The van der Waals surface area contributed by atoms with E-state index in [0.717, 1.165) is 5.82 Å². The van der Waals surface area contributed by atoms with Crippen LogP contribution in [0, 0.1) is 0 Å². The minimum absolute atomic E-state index is 0.00222. The van der Waals surface area contributed by atoms with Gasteiger partial charge >= 0.3 is 0 Å². The Labute approximate surface area is 94.4 Å². The number of nitrogens with zero attached hydrogens (tertiary/aromatic N) is 3. The van der Waals surface area contributed by atoms with E-state index in [4.69, 9.17) is 0 Å². The van der Waals surface area contributed by atoms with Gasteiger partial charge in [0.25, 0.3) is 0 Å². The molecule has 6 heteroatoms. The van der Waals surface area contributed by atoms with Gasteiger partial charge in [-0.3, -0.25) is 4.79 Å². The summed E-state index contributed by atoms with van der Waals surface area (Å²) in [6.07, 6.45) is 4.00. The van der Waals surface area contributed by atoms with E-state index in [9.17, 15) is 4.79 Å². The molecule has 1 aliphatic rings. The van der Waals surface area contributed by atoms with E-state index < -0.39 is 0 Å². The van der Waals surface area contributed by atoms with E-state index in [2.05, 4.69) is 20.8 Å². The van der Waals surface area contributed by atoms with Gasteiger partial charge in [0.1, 0.15) is 6.33 Å². The van der Waals surface area contributed by atoms with Crippen molar-refractivity contribution in [2.45, 2.75) is 31.8 Å². The SMILES string of the molecule is CC(NC(=O)CNC1CC1)c1nncn1C. The molecule has 1 saturated carbocycles. The molecule has 0 aliphatic heterocycles. The lowest BCUT2D eigenvalue weighted by Gasteiger charge is -2.13. The highest BCUT2D eigenvalue weighted by Crippen LogP contribution is 2.18. The Morgan fingerprint density at radius 1 is 1.69 bits per heavy atom. The van der Waals surface area contributed by atoms with E-state index in [1.165, 1.54) is 12.8 Å². The number of hydrogen-bond donors (Lipinski definition) is 2. The molecule has 88 valence electrons. The monoisotopic (exact) mass is 223 g/mol. The molecule has 1 atom stereocenters. The topological polar surface area (TPSA) is 71.8 Å². The second-order valence-corrected chi connectivity index (χ2v) is 4.24. The summed E-state index contributed by atoms with van der Waals surface area (Å²) in [6, 6.07) is 0.442. The van der Waals surface area contributed by atoms with Gasteiger partial charge < -0.3 is 15.2 Å². The summed E-state index contributed by atoms with van der Waals surface area (Å²) >= 11 is 0. The van der Waals surface area contributed by atoms with Crippen LogP contribution in [0.1, 0.15) is 31.6 Å². The molecule has 1 unspecified atom stereocenters. The Kier molecular flexibility index (Phi) is 3.19. The number of hydrogen-bond acceptors (Lipinski definition) is 4. The molecule has 16 heavy (non-hydrogen) atoms. The van der Waals surface area contributed by atoms with Gasteiger partial charge in [0.05, 0.1) is 12.6 Å². The summed E-state index contributed by atoms with van der Waals surface area (Å²) in [4.78, 5) is 11.6. The average molecular weight is 223 g/mol. The van der Waals surface area contributed by atoms with E-state index in [1.807, 2.05) is 14.0 Å². The molecule has 0 aromatic carbocycles. The van der Waals surface area contributed by atoms with Gasteiger partial charge in [-0.25, -0.2) is 0 Å². The van der Waals surface area contributed by atoms with Gasteiger partial charge in [-0.15, -0.1) is 10.2 Å². The zero-order valence-electron chi connectivity index (χ0n) is 9.60. The summed E-state index contributed by atoms with van der Waals surface area (Å²) in [5.41, 5.74) is 0. The maximum absolute atomic E-state index is 11.6. The fraction of sp³-hybridized carbons (Fsp3) is 0.700. The predicted octanol–water partition coefficient (Wildman–Crippen LogP) is -0.256. The molecule has 1 aromatic rings. The molecule has 0 radical (unpaired) electrons. The lowest BCUT2D eigenvalue weighted by atomic mass is 10.3. The number of amides is 1. The zero-order chi connectivity index (χ0) is 11.5. The van der Waals surface area contributed by atoms with Crippen molar-refractivity contribution in [2.24, 2.45) is 7.05 Å². The molecule has 0 saturated heterocycles. The third-order valence-electron chi connectivity index (χ3n) is 2.64. The standard InChI is InChI=1S/C10H17N5O/c1-7(10-14-12-6-15(10)2)13-9(16)5-11-8-3-4-8/h6-8,11H,3-5H2,1-2H3,(H,13,16). The molecular weight excluding hydrogens is 206 g/mol. The smallest absolute Gasteiger partial charge is 0.234 e. The van der Waals surface area contributed by atoms with Crippen molar-refractivity contribution < 1.29 is 4.79 Å². The van der Waals surface area contributed by atoms with E-state index in [1.54, 1.807) is 10.9 Å². The number of carbonyl (C=O) groups is 1. The van der Waals surface area contributed by atoms with Crippen molar-refractivity contribution in [1.82, 2.24) is 25.4 Å². The predicted molar refractivity (Wildman–Crippen MR) is 58.6 cm³/mol. The minimum Gasteiger partial charge on any atom is -0.345 e. The molecule has 1 fully saturated rings. The number of nitrogens with one attached hydrogen (secondary N) is 2. The van der Waals surface area contributed by atoms with Crippen LogP contribution in [-0.4, -0.2) is 33.3 Å². The normalized spacial score (nSPS) is 17.1. The quantitative estimate of drug-likeness (QED) is 0.721. The largest absolute Gasteiger partial charge is 0.345 e. The van der Waals surface area contributed by atoms with Crippen LogP contribution in [-0.2, 0) is 11.8 Å². The minimum atomic E-state index is -0.110. The summed E-state index contributed by atoms with van der Waals surface area (Å²) in [5, 5.41) is 13.8. The van der Waals surface area contributed by atoms with Crippen molar-refractivity contribution in [3.8, 4) is 0 Å². The molecule has 0 spiro atoms. The third-order valence-corrected chi connectivity index (χ3v) is 2.64. The zero-order valence-corrected chi connectivity index (χ0v) is 9.60. The highest BCUT2D eigenvalue weighted by atomic mass is 16.2. The number of carbonyl (C=O) groups excluding carboxylic acids is 1. The van der Waals surface area contributed by atoms with Crippen LogP contribution in [0.3, 0.4) is 0 Å². The highest BCUT2D eigenvalue weighted by Gasteiger charge is 2.22. The summed E-state index contributed by atoms with van der Waals surface area (Å²) in [7, 11) is 1.86. The lowest BCUT2D eigenvalue weighted by Crippen LogP contribution is -2.36. The first-order valence-corrected chi connectivity index (χ1v) is 5.53. The van der Waals surface area contributed by atoms with Gasteiger partial charge in [0.2, 0.25) is 5.91 Å². The molecule has 2 N–H and O–H groups in total. The molecule has 1 heterocycles. The van der Waals surface area contributed by atoms with Crippen molar-refractivity contribution in [3.05, 3.63) is 12.2 Å². The van der Waals surface area contributed by atoms with Crippen LogP contribution >= 0.6 is 0 Å². The van der Waals surface area contributed by atoms with Crippen LogP contribution in [0.15, 0.2) is 6.33 Å². The van der Waals surface area contributed by atoms with Gasteiger partial charge in [0.15, 0.2) is 5.82 Å². The Balaban J connectivity index is 1.79. The first kappa shape index (κ1) is 11.1. The van der Waals surface area contributed by atoms with Crippen LogP contribution in [0.25, 0.3) is 0 Å². The summed E-state index contributed by atoms with van der Waals surface area (Å²) < 4.78 is 1.80. The molecule has 1 aromatic heterocycles. The van der Waals surface area contributed by atoms with Crippen LogP contribution < -0.4 is 10.6 Å². The van der Waals surface area contributed by atoms with Crippen molar-refractivity contribution in [2.75, 3.05) is 6.54 Å². The number of aromatic nitrogens is 3. The molecular formula is C10H17N5O. The molecule has 1 amide bonds. The number of rotatable bonds is 5. The molecule has 6 nitrogen and oxygen atoms in total. The fourth-order valence-electron chi connectivity index (χ4n) is 1.57. The molecule has 0 bridgehead atoms. The fourth-order valence-corrected chi connectivity index (χ4v) is 1.57. The molecule has 2 rings (SSSR count). The molecule has 1 aliphatic carbocycles. The van der Waals surface area contributed by atoms with Gasteiger partial charge in [-0.05, 0) is 19.8 Å². The van der Waals surface area contributed by atoms with Crippen molar-refractivity contribution in [1.29, 1.82) is 0 Å². The maximum Gasteiger partial charge on any atom is 0.234 e. The van der Waals surface area contributed by atoms with Crippen molar-refractivity contribution >= 4 is 5.91 Å². The Morgan fingerprint density at radius 3 is 3.00 bits per heavy atom. The Bertz CT molecular complexity index is 371. The van der Waals surface area contributed by atoms with Gasteiger partial charge in [-0.2, -0.15) is 0 Å². The van der Waals surface area contributed by atoms with Gasteiger partial charge in [-0.1, -0.05) is 0 Å². The maximum atomic E-state index is 11.6. The summed E-state index contributed by atoms with van der Waals surface area (Å²) in [5.74, 6) is 0.766. The Morgan fingerprint density at radius 2 is 2.44 bits per heavy atom. The third kappa shape index (κ3) is 2.79. The first-order chi connectivity index (χ1) is 7.66. The first-order valence-electron chi connectivity index (χ1n) is 5.53. The van der Waals surface area contributed by atoms with Crippen LogP contribution in [0.2, 0.25) is 0 Å². The summed E-state index contributed by atoms with van der Waals surface area (Å²) in [6.45, 7) is 2.28. The highest BCUT2D eigenvalue weighted by molar-refractivity contribution is 5.78. The van der Waals surface area contributed by atoms with Crippen LogP contribution in [0.4, 0.5) is 0 Å².